The molecular formula is C17H26N2. The number of aryl methyl sites for hydroxylation is 2. The summed E-state index contributed by atoms with van der Waals surface area (Å²) < 4.78 is 0. The third kappa shape index (κ3) is 3.68. The zero-order valence-electron chi connectivity index (χ0n) is 12.3. The molecule has 1 atom stereocenters. The molecule has 1 saturated heterocycles. The standard InChI is InChI=1S/C17H26N2/c1-4-5-6-17(19-11-9-18-10-12-19)16-8-7-14(2)13-15(16)3/h4,7-8,13,17-18H,1,5-6,9-12H2,2-3H3/t17-/m0/s1. The molecule has 19 heavy (non-hydrogen) atoms. The second-order valence-corrected chi connectivity index (χ2v) is 5.53. The van der Waals surface area contributed by atoms with Crippen molar-refractivity contribution in [2.24, 2.45) is 0 Å². The fourth-order valence-corrected chi connectivity index (χ4v) is 3.00. The van der Waals surface area contributed by atoms with Gasteiger partial charge in [0.1, 0.15) is 0 Å². The Balaban J connectivity index is 2.22. The lowest BCUT2D eigenvalue weighted by Crippen LogP contribution is -2.45. The minimum absolute atomic E-state index is 0.542. The van der Waals surface area contributed by atoms with Gasteiger partial charge in [-0.15, -0.1) is 6.58 Å². The molecule has 0 spiro atoms. The second-order valence-electron chi connectivity index (χ2n) is 5.53. The number of allylic oxidation sites excluding steroid dienone is 1. The van der Waals surface area contributed by atoms with Gasteiger partial charge in [0.15, 0.2) is 0 Å². The van der Waals surface area contributed by atoms with Gasteiger partial charge in [0.25, 0.3) is 0 Å². The minimum atomic E-state index is 0.542. The minimum Gasteiger partial charge on any atom is -0.314 e. The van der Waals surface area contributed by atoms with Gasteiger partial charge >= 0.3 is 0 Å². The zero-order chi connectivity index (χ0) is 13.7. The van der Waals surface area contributed by atoms with E-state index in [1.54, 1.807) is 0 Å². The van der Waals surface area contributed by atoms with Crippen molar-refractivity contribution in [3.63, 3.8) is 0 Å². The van der Waals surface area contributed by atoms with Crippen molar-refractivity contribution in [1.82, 2.24) is 10.2 Å². The molecule has 2 rings (SSSR count). The van der Waals surface area contributed by atoms with E-state index < -0.39 is 0 Å². The van der Waals surface area contributed by atoms with Crippen LogP contribution in [-0.2, 0) is 0 Å². The topological polar surface area (TPSA) is 15.3 Å². The molecule has 0 aromatic heterocycles. The van der Waals surface area contributed by atoms with Crippen LogP contribution < -0.4 is 5.32 Å². The van der Waals surface area contributed by atoms with Gasteiger partial charge in [-0.1, -0.05) is 29.8 Å². The molecule has 0 aliphatic carbocycles. The highest BCUT2D eigenvalue weighted by molar-refractivity contribution is 5.33. The maximum absolute atomic E-state index is 3.88. The third-order valence-electron chi connectivity index (χ3n) is 4.02. The highest BCUT2D eigenvalue weighted by atomic mass is 15.2. The van der Waals surface area contributed by atoms with Crippen molar-refractivity contribution in [2.45, 2.75) is 32.7 Å². The largest absolute Gasteiger partial charge is 0.314 e. The fraction of sp³-hybridized carbons (Fsp3) is 0.529. The Bertz CT molecular complexity index is 419. The summed E-state index contributed by atoms with van der Waals surface area (Å²) in [6.45, 7) is 12.8. The molecular weight excluding hydrogens is 232 g/mol. The Labute approximate surface area is 117 Å². The van der Waals surface area contributed by atoms with Crippen LogP contribution in [0.3, 0.4) is 0 Å². The molecule has 0 saturated carbocycles. The third-order valence-corrected chi connectivity index (χ3v) is 4.02. The first-order valence-corrected chi connectivity index (χ1v) is 7.35. The Morgan fingerprint density at radius 3 is 2.68 bits per heavy atom. The molecule has 0 unspecified atom stereocenters. The van der Waals surface area contributed by atoms with Crippen LogP contribution in [0, 0.1) is 13.8 Å². The van der Waals surface area contributed by atoms with E-state index in [0.717, 1.165) is 32.6 Å². The highest BCUT2D eigenvalue weighted by Gasteiger charge is 2.22. The second kappa shape index (κ2) is 6.88. The highest BCUT2D eigenvalue weighted by Crippen LogP contribution is 2.29. The van der Waals surface area contributed by atoms with Gasteiger partial charge in [0.2, 0.25) is 0 Å². The molecule has 1 aliphatic rings. The van der Waals surface area contributed by atoms with Gasteiger partial charge in [-0.3, -0.25) is 4.90 Å². The lowest BCUT2D eigenvalue weighted by molar-refractivity contribution is 0.165. The maximum atomic E-state index is 3.88. The van der Waals surface area contributed by atoms with E-state index in [1.807, 2.05) is 6.08 Å². The van der Waals surface area contributed by atoms with Crippen LogP contribution in [0.4, 0.5) is 0 Å². The molecule has 104 valence electrons. The van der Waals surface area contributed by atoms with E-state index in [2.05, 4.69) is 48.8 Å². The molecule has 1 N–H and O–H groups in total. The van der Waals surface area contributed by atoms with E-state index in [9.17, 15) is 0 Å². The summed E-state index contributed by atoms with van der Waals surface area (Å²) in [6.07, 6.45) is 4.30. The number of benzene rings is 1. The summed E-state index contributed by atoms with van der Waals surface area (Å²) in [5, 5.41) is 3.44. The monoisotopic (exact) mass is 258 g/mol. The SMILES string of the molecule is C=CCC[C@@H](c1ccc(C)cc1C)N1CCNCC1. The van der Waals surface area contributed by atoms with Crippen molar-refractivity contribution in [3.8, 4) is 0 Å². The normalized spacial score (nSPS) is 18.2. The molecule has 1 aromatic carbocycles. The Morgan fingerprint density at radius 2 is 2.05 bits per heavy atom. The molecule has 0 amide bonds. The predicted octanol–water partition coefficient (Wildman–Crippen LogP) is 3.22. The van der Waals surface area contributed by atoms with Crippen LogP contribution in [0.2, 0.25) is 0 Å². The number of hydrogen-bond donors (Lipinski definition) is 1. The van der Waals surface area contributed by atoms with Crippen LogP contribution >= 0.6 is 0 Å². The number of hydrogen-bond acceptors (Lipinski definition) is 2. The van der Waals surface area contributed by atoms with Crippen LogP contribution in [0.15, 0.2) is 30.9 Å². The summed E-state index contributed by atoms with van der Waals surface area (Å²) in [5.74, 6) is 0. The number of rotatable bonds is 5. The van der Waals surface area contributed by atoms with Crippen molar-refractivity contribution in [1.29, 1.82) is 0 Å². The Hall–Kier alpha value is -1.12. The predicted molar refractivity (Wildman–Crippen MR) is 82.5 cm³/mol. The Kier molecular flexibility index (Phi) is 5.17. The molecule has 1 fully saturated rings. The van der Waals surface area contributed by atoms with Crippen LogP contribution in [0.25, 0.3) is 0 Å². The molecule has 0 radical (unpaired) electrons. The smallest absolute Gasteiger partial charge is 0.0354 e. The number of nitrogens with one attached hydrogen (secondary N) is 1. The summed E-state index contributed by atoms with van der Waals surface area (Å²) in [7, 11) is 0. The first-order valence-electron chi connectivity index (χ1n) is 7.35. The first kappa shape index (κ1) is 14.3. The summed E-state index contributed by atoms with van der Waals surface area (Å²) in [5.41, 5.74) is 4.27. The lowest BCUT2D eigenvalue weighted by Gasteiger charge is -2.36. The molecule has 2 nitrogen and oxygen atoms in total. The fourth-order valence-electron chi connectivity index (χ4n) is 3.00. The van der Waals surface area contributed by atoms with Crippen molar-refractivity contribution >= 4 is 0 Å². The average molecular weight is 258 g/mol. The Morgan fingerprint density at radius 1 is 1.32 bits per heavy atom. The van der Waals surface area contributed by atoms with E-state index in [-0.39, 0.29) is 0 Å². The van der Waals surface area contributed by atoms with Gasteiger partial charge in [-0.25, -0.2) is 0 Å². The number of piperazine rings is 1. The van der Waals surface area contributed by atoms with E-state index in [0.29, 0.717) is 6.04 Å². The van der Waals surface area contributed by atoms with Crippen LogP contribution in [-0.4, -0.2) is 31.1 Å². The van der Waals surface area contributed by atoms with Gasteiger partial charge in [0.05, 0.1) is 0 Å². The number of nitrogens with zero attached hydrogens (tertiary/aromatic N) is 1. The summed E-state index contributed by atoms with van der Waals surface area (Å²) in [6, 6.07) is 7.41. The molecule has 1 heterocycles. The lowest BCUT2D eigenvalue weighted by atomic mass is 9.94. The van der Waals surface area contributed by atoms with E-state index >= 15 is 0 Å². The quantitative estimate of drug-likeness (QED) is 0.816. The van der Waals surface area contributed by atoms with Crippen molar-refractivity contribution < 1.29 is 0 Å². The molecule has 1 aromatic rings. The molecule has 2 heteroatoms. The average Bonchev–Trinajstić information content (AvgIpc) is 2.42. The summed E-state index contributed by atoms with van der Waals surface area (Å²) in [4.78, 5) is 2.62. The van der Waals surface area contributed by atoms with E-state index in [4.69, 9.17) is 0 Å². The van der Waals surface area contributed by atoms with Crippen LogP contribution in [0.1, 0.15) is 35.6 Å². The van der Waals surface area contributed by atoms with Crippen molar-refractivity contribution in [2.75, 3.05) is 26.2 Å². The van der Waals surface area contributed by atoms with Crippen molar-refractivity contribution in [3.05, 3.63) is 47.5 Å². The van der Waals surface area contributed by atoms with Crippen LogP contribution in [0.5, 0.6) is 0 Å². The van der Waals surface area contributed by atoms with Gasteiger partial charge in [-0.05, 0) is 37.8 Å². The summed E-state index contributed by atoms with van der Waals surface area (Å²) >= 11 is 0. The molecule has 1 aliphatic heterocycles. The van der Waals surface area contributed by atoms with Gasteiger partial charge in [-0.2, -0.15) is 0 Å². The zero-order valence-corrected chi connectivity index (χ0v) is 12.3. The van der Waals surface area contributed by atoms with Gasteiger partial charge in [0, 0.05) is 32.2 Å². The molecule has 0 bridgehead atoms. The van der Waals surface area contributed by atoms with E-state index in [1.165, 1.54) is 23.1 Å². The first-order chi connectivity index (χ1) is 9.22. The maximum Gasteiger partial charge on any atom is 0.0354 e. The van der Waals surface area contributed by atoms with Gasteiger partial charge < -0.3 is 5.32 Å².